The second-order valence-electron chi connectivity index (χ2n) is 5.91. The summed E-state index contributed by atoms with van der Waals surface area (Å²) in [6.07, 6.45) is 4.58. The zero-order valence-corrected chi connectivity index (χ0v) is 12.1. The molecule has 0 radical (unpaired) electrons. The van der Waals surface area contributed by atoms with E-state index in [1.807, 2.05) is 0 Å². The van der Waals surface area contributed by atoms with E-state index in [4.69, 9.17) is 11.6 Å². The molecule has 104 valence electrons. The maximum atomic E-state index is 13.6. The second-order valence-corrected chi connectivity index (χ2v) is 8.45. The van der Waals surface area contributed by atoms with Gasteiger partial charge in [-0.2, -0.15) is 0 Å². The highest BCUT2D eigenvalue weighted by Gasteiger charge is 2.58. The molecule has 0 aliphatic heterocycles. The van der Waals surface area contributed by atoms with E-state index in [-0.39, 0.29) is 17.1 Å². The van der Waals surface area contributed by atoms with Gasteiger partial charge in [-0.15, -0.1) is 0 Å². The smallest absolute Gasteiger partial charge is 0.154 e. The van der Waals surface area contributed by atoms with Crippen LogP contribution in [0.25, 0.3) is 0 Å². The van der Waals surface area contributed by atoms with Gasteiger partial charge in [-0.05, 0) is 48.8 Å². The average molecular weight is 303 g/mol. The van der Waals surface area contributed by atoms with Crippen LogP contribution in [0.3, 0.4) is 0 Å². The van der Waals surface area contributed by atoms with Crippen molar-refractivity contribution in [2.45, 2.75) is 31.4 Å². The average Bonchev–Trinajstić information content (AvgIpc) is 2.96. The molecular formula is C14H16ClFO2S. The van der Waals surface area contributed by atoms with Crippen molar-refractivity contribution in [3.63, 3.8) is 0 Å². The number of rotatable bonds is 4. The fraction of sp³-hybridized carbons (Fsp3) is 0.571. The van der Waals surface area contributed by atoms with Crippen LogP contribution in [0.2, 0.25) is 5.02 Å². The van der Waals surface area contributed by atoms with Crippen LogP contribution in [0, 0.1) is 17.2 Å². The lowest BCUT2D eigenvalue weighted by atomic mass is 9.80. The lowest BCUT2D eigenvalue weighted by Gasteiger charge is -2.26. The van der Waals surface area contributed by atoms with Crippen molar-refractivity contribution in [2.75, 3.05) is 5.75 Å². The van der Waals surface area contributed by atoms with Crippen LogP contribution < -0.4 is 0 Å². The molecular weight excluding hydrogens is 287 g/mol. The summed E-state index contributed by atoms with van der Waals surface area (Å²) >= 11 is 5.78. The van der Waals surface area contributed by atoms with Crippen LogP contribution in [0.15, 0.2) is 18.2 Å². The predicted octanol–water partition coefficient (Wildman–Crippen LogP) is 3.58. The van der Waals surface area contributed by atoms with Crippen LogP contribution in [0.5, 0.6) is 0 Å². The quantitative estimate of drug-likeness (QED) is 0.852. The Morgan fingerprint density at radius 1 is 1.37 bits per heavy atom. The van der Waals surface area contributed by atoms with Gasteiger partial charge in [0, 0.05) is 10.6 Å². The van der Waals surface area contributed by atoms with E-state index in [0.717, 1.165) is 6.42 Å². The first-order valence-electron chi connectivity index (χ1n) is 6.55. The van der Waals surface area contributed by atoms with Gasteiger partial charge in [0.1, 0.15) is 5.82 Å². The number of hydrogen-bond donors (Lipinski definition) is 0. The van der Waals surface area contributed by atoms with Crippen LogP contribution in [-0.4, -0.2) is 14.2 Å². The molecule has 1 aromatic carbocycles. The number of sulfone groups is 1. The van der Waals surface area contributed by atoms with Crippen LogP contribution in [0.1, 0.15) is 31.2 Å². The van der Waals surface area contributed by atoms with Crippen molar-refractivity contribution in [1.29, 1.82) is 0 Å². The summed E-state index contributed by atoms with van der Waals surface area (Å²) in [4.78, 5) is 0. The van der Waals surface area contributed by atoms with E-state index in [2.05, 4.69) is 0 Å². The molecule has 2 nitrogen and oxygen atoms in total. The molecule has 2 fully saturated rings. The SMILES string of the molecule is O=S(=O)(Cc1cc(Cl)ccc1F)CC1CC12CCC2. The normalized spacial score (nSPS) is 24.2. The predicted molar refractivity (Wildman–Crippen MR) is 73.3 cm³/mol. The van der Waals surface area contributed by atoms with Gasteiger partial charge < -0.3 is 0 Å². The molecule has 0 N–H and O–H groups in total. The van der Waals surface area contributed by atoms with Gasteiger partial charge in [0.2, 0.25) is 0 Å². The first kappa shape index (κ1) is 13.4. The highest BCUT2D eigenvalue weighted by Crippen LogP contribution is 2.65. The highest BCUT2D eigenvalue weighted by atomic mass is 35.5. The molecule has 1 atom stereocenters. The molecule has 0 bridgehead atoms. The summed E-state index contributed by atoms with van der Waals surface area (Å²) < 4.78 is 37.8. The van der Waals surface area contributed by atoms with Gasteiger partial charge in [0.05, 0.1) is 11.5 Å². The van der Waals surface area contributed by atoms with Gasteiger partial charge in [-0.1, -0.05) is 18.0 Å². The minimum absolute atomic E-state index is 0.177. The Balaban J connectivity index is 1.69. The van der Waals surface area contributed by atoms with Crippen molar-refractivity contribution in [1.82, 2.24) is 0 Å². The van der Waals surface area contributed by atoms with Gasteiger partial charge in [0.15, 0.2) is 9.84 Å². The standard InChI is InChI=1S/C14H16ClFO2S/c15-12-2-3-13(16)10(6-12)8-19(17,18)9-11-7-14(11)4-1-5-14/h2-3,6,11H,1,4-5,7-9H2. The highest BCUT2D eigenvalue weighted by molar-refractivity contribution is 7.90. The molecule has 19 heavy (non-hydrogen) atoms. The summed E-state index contributed by atoms with van der Waals surface area (Å²) in [5.41, 5.74) is 0.510. The van der Waals surface area contributed by atoms with Crippen molar-refractivity contribution in [3.8, 4) is 0 Å². The van der Waals surface area contributed by atoms with E-state index in [1.54, 1.807) is 0 Å². The molecule has 0 amide bonds. The van der Waals surface area contributed by atoms with Crippen molar-refractivity contribution in [3.05, 3.63) is 34.6 Å². The molecule has 0 saturated heterocycles. The fourth-order valence-corrected chi connectivity index (χ4v) is 5.26. The third kappa shape index (κ3) is 2.65. The molecule has 1 spiro atoms. The zero-order chi connectivity index (χ0) is 13.7. The topological polar surface area (TPSA) is 34.1 Å². The Hall–Kier alpha value is -0.610. The lowest BCUT2D eigenvalue weighted by Crippen LogP contribution is -2.20. The first-order valence-corrected chi connectivity index (χ1v) is 8.75. The molecule has 0 heterocycles. The Morgan fingerprint density at radius 3 is 2.68 bits per heavy atom. The van der Waals surface area contributed by atoms with E-state index < -0.39 is 15.7 Å². The number of halogens is 2. The van der Waals surface area contributed by atoms with Crippen LogP contribution in [0.4, 0.5) is 4.39 Å². The molecule has 3 rings (SSSR count). The largest absolute Gasteiger partial charge is 0.228 e. The summed E-state index contributed by atoms with van der Waals surface area (Å²) in [5.74, 6) is -0.249. The van der Waals surface area contributed by atoms with Gasteiger partial charge in [-0.3, -0.25) is 0 Å². The molecule has 1 aromatic rings. The molecule has 2 aliphatic carbocycles. The van der Waals surface area contributed by atoms with Crippen LogP contribution in [-0.2, 0) is 15.6 Å². The minimum Gasteiger partial charge on any atom is -0.228 e. The second kappa shape index (κ2) is 4.45. The van der Waals surface area contributed by atoms with Crippen molar-refractivity contribution in [2.24, 2.45) is 11.3 Å². The molecule has 0 aromatic heterocycles. The third-order valence-electron chi connectivity index (χ3n) is 4.55. The van der Waals surface area contributed by atoms with Gasteiger partial charge >= 0.3 is 0 Å². The van der Waals surface area contributed by atoms with E-state index in [1.165, 1.54) is 37.5 Å². The van der Waals surface area contributed by atoms with Crippen molar-refractivity contribution < 1.29 is 12.8 Å². The summed E-state index contributed by atoms with van der Waals surface area (Å²) in [6, 6.07) is 4.05. The Kier molecular flexibility index (Phi) is 3.13. The van der Waals surface area contributed by atoms with Crippen LogP contribution >= 0.6 is 11.6 Å². The van der Waals surface area contributed by atoms with E-state index in [9.17, 15) is 12.8 Å². The first-order chi connectivity index (χ1) is 8.90. The number of hydrogen-bond acceptors (Lipinski definition) is 2. The molecule has 1 unspecified atom stereocenters. The van der Waals surface area contributed by atoms with Crippen molar-refractivity contribution >= 4 is 21.4 Å². The maximum Gasteiger partial charge on any atom is 0.154 e. The van der Waals surface area contributed by atoms with Gasteiger partial charge in [-0.25, -0.2) is 12.8 Å². The monoisotopic (exact) mass is 302 g/mol. The Morgan fingerprint density at radius 2 is 2.11 bits per heavy atom. The summed E-state index contributed by atoms with van der Waals surface area (Å²) in [5, 5.41) is 0.369. The zero-order valence-electron chi connectivity index (χ0n) is 10.5. The Labute approximate surface area is 117 Å². The Bertz CT molecular complexity index is 608. The lowest BCUT2D eigenvalue weighted by molar-refractivity contribution is 0.264. The molecule has 2 saturated carbocycles. The fourth-order valence-electron chi connectivity index (χ4n) is 3.17. The molecule has 5 heteroatoms. The van der Waals surface area contributed by atoms with Gasteiger partial charge in [0.25, 0.3) is 0 Å². The maximum absolute atomic E-state index is 13.6. The van der Waals surface area contributed by atoms with E-state index in [0.29, 0.717) is 16.4 Å². The summed E-state index contributed by atoms with van der Waals surface area (Å²) in [7, 11) is -3.26. The summed E-state index contributed by atoms with van der Waals surface area (Å²) in [6.45, 7) is 0. The minimum atomic E-state index is -3.26. The number of benzene rings is 1. The molecule has 2 aliphatic rings. The van der Waals surface area contributed by atoms with E-state index >= 15 is 0 Å². The third-order valence-corrected chi connectivity index (χ3v) is 6.44.